The Hall–Kier alpha value is -1.84. The summed E-state index contributed by atoms with van der Waals surface area (Å²) in [6.07, 6.45) is 17.1. The lowest BCUT2D eigenvalue weighted by Crippen LogP contribution is -2.51. The molecule has 3 saturated carbocycles. The minimum absolute atomic E-state index is 0.0331. The van der Waals surface area contributed by atoms with Crippen molar-refractivity contribution in [3.8, 4) is 0 Å². The first-order valence-corrected chi connectivity index (χ1v) is 11.9. The highest BCUT2D eigenvalue weighted by Crippen LogP contribution is 2.65. The van der Waals surface area contributed by atoms with E-state index in [4.69, 9.17) is 4.74 Å². The molecule has 4 heteroatoms. The predicted octanol–water partition coefficient (Wildman–Crippen LogP) is 5.16. The van der Waals surface area contributed by atoms with E-state index in [9.17, 15) is 9.59 Å². The second-order valence-corrected chi connectivity index (χ2v) is 10.9. The highest BCUT2D eigenvalue weighted by molar-refractivity contribution is 5.91. The molecule has 1 heterocycles. The third kappa shape index (κ3) is 3.01. The van der Waals surface area contributed by atoms with Gasteiger partial charge in [0.15, 0.2) is 5.78 Å². The minimum Gasteiger partial charge on any atom is -0.458 e. The van der Waals surface area contributed by atoms with Crippen LogP contribution in [0.3, 0.4) is 0 Å². The monoisotopic (exact) mass is 409 g/mol. The summed E-state index contributed by atoms with van der Waals surface area (Å²) in [6.45, 7) is 4.81. The quantitative estimate of drug-likeness (QED) is 0.591. The summed E-state index contributed by atoms with van der Waals surface area (Å²) < 4.78 is 6.17. The van der Waals surface area contributed by atoms with Crippen molar-refractivity contribution >= 4 is 11.8 Å². The Morgan fingerprint density at radius 3 is 2.73 bits per heavy atom. The van der Waals surface area contributed by atoms with Gasteiger partial charge < -0.3 is 9.64 Å². The van der Waals surface area contributed by atoms with E-state index in [2.05, 4.69) is 13.8 Å². The van der Waals surface area contributed by atoms with E-state index >= 15 is 0 Å². The number of carbonyl (C=O) groups is 2. The minimum atomic E-state index is -0.133. The van der Waals surface area contributed by atoms with Gasteiger partial charge in [-0.1, -0.05) is 25.5 Å². The second kappa shape index (κ2) is 7.10. The average molecular weight is 410 g/mol. The topological polar surface area (TPSA) is 46.6 Å². The highest BCUT2D eigenvalue weighted by Gasteiger charge is 2.60. The van der Waals surface area contributed by atoms with Gasteiger partial charge in [-0.3, -0.25) is 4.79 Å². The molecule has 1 aliphatic heterocycles. The van der Waals surface area contributed by atoms with Gasteiger partial charge in [0, 0.05) is 31.5 Å². The van der Waals surface area contributed by atoms with Crippen LogP contribution >= 0.6 is 0 Å². The van der Waals surface area contributed by atoms with Crippen molar-refractivity contribution < 1.29 is 14.3 Å². The standard InChI is InChI=1S/C26H35NO3/c1-25-12-10-19(28)15-18(25)6-7-20-21-8-9-23(26(21,2)13-11-22(20)25)30-24(29)17-5-4-14-27(3)16-17/h4,14-16,20-23H,5-13H2,1-3H3/t20?,21?,22?,23-,25?,26?/m0/s1. The van der Waals surface area contributed by atoms with Gasteiger partial charge in [0.05, 0.1) is 5.57 Å². The highest BCUT2D eigenvalue weighted by atomic mass is 16.5. The maximum absolute atomic E-state index is 12.9. The molecule has 0 amide bonds. The van der Waals surface area contributed by atoms with Gasteiger partial charge in [0.1, 0.15) is 6.10 Å². The van der Waals surface area contributed by atoms with Crippen LogP contribution in [0, 0.1) is 28.6 Å². The van der Waals surface area contributed by atoms with E-state index in [-0.39, 0.29) is 22.9 Å². The van der Waals surface area contributed by atoms with Crippen LogP contribution in [0.1, 0.15) is 71.6 Å². The Balaban J connectivity index is 1.34. The molecule has 4 nitrogen and oxygen atoms in total. The van der Waals surface area contributed by atoms with Crippen molar-refractivity contribution in [1.82, 2.24) is 4.90 Å². The molecular formula is C26H35NO3. The van der Waals surface area contributed by atoms with Gasteiger partial charge in [-0.15, -0.1) is 0 Å². The zero-order valence-corrected chi connectivity index (χ0v) is 18.7. The summed E-state index contributed by atoms with van der Waals surface area (Å²) >= 11 is 0. The maximum atomic E-state index is 12.9. The summed E-state index contributed by atoms with van der Waals surface area (Å²) in [5.74, 6) is 2.20. The lowest BCUT2D eigenvalue weighted by molar-refractivity contribution is -0.155. The van der Waals surface area contributed by atoms with Crippen molar-refractivity contribution in [2.24, 2.45) is 28.6 Å². The fourth-order valence-corrected chi connectivity index (χ4v) is 7.73. The number of nitrogens with zero attached hydrogens (tertiary/aromatic N) is 1. The Morgan fingerprint density at radius 1 is 1.10 bits per heavy atom. The van der Waals surface area contributed by atoms with Gasteiger partial charge in [-0.05, 0) is 80.4 Å². The first-order valence-electron chi connectivity index (χ1n) is 11.9. The first kappa shape index (κ1) is 20.1. The summed E-state index contributed by atoms with van der Waals surface area (Å²) in [5, 5.41) is 0. The molecule has 0 saturated heterocycles. The van der Waals surface area contributed by atoms with Gasteiger partial charge >= 0.3 is 5.97 Å². The Kier molecular flexibility index (Phi) is 4.75. The van der Waals surface area contributed by atoms with Crippen LogP contribution in [0.4, 0.5) is 0 Å². The molecule has 6 atom stereocenters. The Morgan fingerprint density at radius 2 is 1.93 bits per heavy atom. The molecule has 5 aliphatic rings. The molecule has 0 aromatic carbocycles. The van der Waals surface area contributed by atoms with Crippen molar-refractivity contribution in [2.45, 2.75) is 77.7 Å². The van der Waals surface area contributed by atoms with Crippen molar-refractivity contribution in [2.75, 3.05) is 7.05 Å². The zero-order chi connectivity index (χ0) is 21.1. The fraction of sp³-hybridized carbons (Fsp3) is 0.692. The molecule has 4 aliphatic carbocycles. The van der Waals surface area contributed by atoms with Gasteiger partial charge in [0.25, 0.3) is 0 Å². The van der Waals surface area contributed by atoms with Gasteiger partial charge in [0.2, 0.25) is 0 Å². The zero-order valence-electron chi connectivity index (χ0n) is 18.7. The lowest BCUT2D eigenvalue weighted by atomic mass is 9.47. The molecule has 0 spiro atoms. The molecular weight excluding hydrogens is 374 g/mol. The van der Waals surface area contributed by atoms with E-state index < -0.39 is 0 Å². The van der Waals surface area contributed by atoms with Crippen LogP contribution in [0.2, 0.25) is 0 Å². The van der Waals surface area contributed by atoms with Crippen molar-refractivity contribution in [1.29, 1.82) is 0 Å². The molecule has 0 bridgehead atoms. The van der Waals surface area contributed by atoms with Crippen LogP contribution in [-0.4, -0.2) is 29.8 Å². The Bertz CT molecular complexity index is 854. The molecule has 5 unspecified atom stereocenters. The number of esters is 1. The third-order valence-corrected chi connectivity index (χ3v) is 9.42. The van der Waals surface area contributed by atoms with Crippen LogP contribution in [0.5, 0.6) is 0 Å². The summed E-state index contributed by atoms with van der Waals surface area (Å²) in [6, 6.07) is 0. The SMILES string of the molecule is CN1C=CCC(C(=O)O[C@H]2CCC3C4CCC5=CC(=O)CCC5(C)C4CCC32C)=C1. The van der Waals surface area contributed by atoms with E-state index in [1.807, 2.05) is 36.5 Å². The molecule has 0 radical (unpaired) electrons. The number of ether oxygens (including phenoxy) is 1. The molecule has 0 aromatic rings. The predicted molar refractivity (Wildman–Crippen MR) is 116 cm³/mol. The molecule has 0 aromatic heterocycles. The lowest BCUT2D eigenvalue weighted by Gasteiger charge is -2.57. The van der Waals surface area contributed by atoms with E-state index in [1.54, 1.807) is 0 Å². The van der Waals surface area contributed by atoms with Crippen LogP contribution in [0.15, 0.2) is 35.7 Å². The normalized spacial score (nSPS) is 42.6. The second-order valence-electron chi connectivity index (χ2n) is 10.9. The van der Waals surface area contributed by atoms with Crippen LogP contribution in [-0.2, 0) is 14.3 Å². The van der Waals surface area contributed by atoms with Crippen molar-refractivity contribution in [3.05, 3.63) is 35.7 Å². The average Bonchev–Trinajstić information content (AvgIpc) is 3.05. The molecule has 3 fully saturated rings. The molecule has 0 N–H and O–H groups in total. The van der Waals surface area contributed by atoms with Crippen LogP contribution < -0.4 is 0 Å². The number of hydrogen-bond donors (Lipinski definition) is 0. The Labute approximate surface area is 180 Å². The largest absolute Gasteiger partial charge is 0.458 e. The number of allylic oxidation sites excluding steroid dienone is 2. The van der Waals surface area contributed by atoms with Gasteiger partial charge in [-0.2, -0.15) is 0 Å². The number of rotatable bonds is 2. The fourth-order valence-electron chi connectivity index (χ4n) is 7.73. The summed E-state index contributed by atoms with van der Waals surface area (Å²) in [5.41, 5.74) is 2.48. The maximum Gasteiger partial charge on any atom is 0.336 e. The third-order valence-electron chi connectivity index (χ3n) is 9.42. The number of carbonyl (C=O) groups excluding carboxylic acids is 2. The molecule has 5 rings (SSSR count). The smallest absolute Gasteiger partial charge is 0.336 e. The first-order chi connectivity index (χ1) is 14.3. The summed E-state index contributed by atoms with van der Waals surface area (Å²) in [7, 11) is 1.95. The number of ketones is 1. The number of fused-ring (bicyclic) bond motifs is 5. The molecule has 30 heavy (non-hydrogen) atoms. The van der Waals surface area contributed by atoms with E-state index in [1.165, 1.54) is 24.8 Å². The van der Waals surface area contributed by atoms with Crippen molar-refractivity contribution in [3.63, 3.8) is 0 Å². The van der Waals surface area contributed by atoms with E-state index in [0.29, 0.717) is 36.4 Å². The van der Waals surface area contributed by atoms with Gasteiger partial charge in [-0.25, -0.2) is 4.79 Å². The molecule has 162 valence electrons. The number of hydrogen-bond acceptors (Lipinski definition) is 4. The van der Waals surface area contributed by atoms with E-state index in [0.717, 1.165) is 31.3 Å². The summed E-state index contributed by atoms with van der Waals surface area (Å²) in [4.78, 5) is 26.8. The van der Waals surface area contributed by atoms with Crippen LogP contribution in [0.25, 0.3) is 0 Å².